The fourth-order valence-electron chi connectivity index (χ4n) is 3.76. The predicted octanol–water partition coefficient (Wildman–Crippen LogP) is 6.92. The minimum absolute atomic E-state index is 0.247. The molecule has 10 heteroatoms. The van der Waals surface area contributed by atoms with E-state index in [4.69, 9.17) is 27.9 Å². The molecule has 0 spiro atoms. The highest BCUT2D eigenvalue weighted by molar-refractivity contribution is 7.19. The van der Waals surface area contributed by atoms with Crippen molar-refractivity contribution in [2.24, 2.45) is 0 Å². The molecule has 2 aliphatic rings. The van der Waals surface area contributed by atoms with Gasteiger partial charge in [0.25, 0.3) is 0 Å². The first-order chi connectivity index (χ1) is 16.6. The lowest BCUT2D eigenvalue weighted by atomic mass is 10.0. The number of carbonyl (C=O) groups excluding carboxylic acids is 1. The largest absolute Gasteiger partial charge is 0.444 e. The molecular weight excluding hydrogens is 523 g/mol. The summed E-state index contributed by atoms with van der Waals surface area (Å²) in [6.45, 7) is 9.09. The van der Waals surface area contributed by atoms with E-state index >= 15 is 0 Å². The van der Waals surface area contributed by atoms with Gasteiger partial charge in [-0.1, -0.05) is 23.2 Å². The molecule has 6 rings (SSSR count). The van der Waals surface area contributed by atoms with Gasteiger partial charge in [-0.25, -0.2) is 14.8 Å². The molecular formula is C25H26Cl2N4O2S2. The van der Waals surface area contributed by atoms with Crippen LogP contribution in [0.2, 0.25) is 10.0 Å². The number of halogens is 2. The Balaban J connectivity index is 0.000000156. The zero-order valence-corrected chi connectivity index (χ0v) is 22.8. The Morgan fingerprint density at radius 1 is 0.943 bits per heavy atom. The van der Waals surface area contributed by atoms with Gasteiger partial charge < -0.3 is 15.0 Å². The molecule has 35 heavy (non-hydrogen) atoms. The highest BCUT2D eigenvalue weighted by Gasteiger charge is 2.36. The van der Waals surface area contributed by atoms with Crippen LogP contribution in [-0.2, 0) is 4.74 Å². The molecule has 4 aromatic rings. The number of fused-ring (bicyclic) bond motifs is 2. The molecule has 184 valence electrons. The average Bonchev–Trinajstić information content (AvgIpc) is 3.27. The van der Waals surface area contributed by atoms with E-state index in [1.54, 1.807) is 27.6 Å². The summed E-state index contributed by atoms with van der Waals surface area (Å²) < 4.78 is 7.72. The van der Waals surface area contributed by atoms with Gasteiger partial charge in [0.15, 0.2) is 0 Å². The second kappa shape index (κ2) is 9.82. The summed E-state index contributed by atoms with van der Waals surface area (Å²) in [6.07, 6.45) is -0.247. The Hall–Kier alpha value is -1.97. The van der Waals surface area contributed by atoms with Crippen molar-refractivity contribution < 1.29 is 9.53 Å². The molecule has 0 radical (unpaired) electrons. The normalized spacial score (nSPS) is 16.5. The average molecular weight is 550 g/mol. The van der Waals surface area contributed by atoms with Crippen LogP contribution in [0.1, 0.15) is 42.6 Å². The number of hydrogen-bond donors (Lipinski definition) is 1. The van der Waals surface area contributed by atoms with E-state index in [0.717, 1.165) is 38.9 Å². The number of nitrogens with one attached hydrogen (secondary N) is 1. The monoisotopic (exact) mass is 548 g/mol. The Morgan fingerprint density at radius 3 is 1.91 bits per heavy atom. The van der Waals surface area contributed by atoms with Crippen molar-refractivity contribution in [3.05, 3.63) is 56.5 Å². The molecule has 1 amide bonds. The Bertz CT molecular complexity index is 1370. The predicted molar refractivity (Wildman–Crippen MR) is 145 cm³/mol. The van der Waals surface area contributed by atoms with E-state index in [9.17, 15) is 4.79 Å². The van der Waals surface area contributed by atoms with Crippen LogP contribution in [0.15, 0.2) is 36.4 Å². The third-order valence-corrected chi connectivity index (χ3v) is 8.61. The molecule has 0 saturated carbocycles. The number of thiazole rings is 2. The minimum atomic E-state index is -0.450. The van der Waals surface area contributed by atoms with E-state index < -0.39 is 5.60 Å². The molecule has 1 N–H and O–H groups in total. The molecule has 2 saturated heterocycles. The third-order valence-electron chi connectivity index (χ3n) is 5.75. The van der Waals surface area contributed by atoms with E-state index in [0.29, 0.717) is 29.9 Å². The summed E-state index contributed by atoms with van der Waals surface area (Å²) in [5, 5.41) is 7.02. The van der Waals surface area contributed by atoms with Gasteiger partial charge >= 0.3 is 6.09 Å². The SMILES string of the molecule is CC(C)(C)OC(=O)N1CC(c2nc3cc(Cl)ccc3s2)C1.Clc1ccc2sc(C3CNC3)nc2c1. The second-order valence-corrected chi connectivity index (χ2v) is 12.8. The molecule has 0 aliphatic carbocycles. The van der Waals surface area contributed by atoms with Crippen molar-refractivity contribution in [3.63, 3.8) is 0 Å². The van der Waals surface area contributed by atoms with Gasteiger partial charge in [0.05, 0.1) is 25.4 Å². The number of benzene rings is 2. The fraction of sp³-hybridized carbons (Fsp3) is 0.400. The van der Waals surface area contributed by atoms with Gasteiger partial charge in [0.1, 0.15) is 10.6 Å². The maximum atomic E-state index is 11.9. The minimum Gasteiger partial charge on any atom is -0.444 e. The van der Waals surface area contributed by atoms with Crippen molar-refractivity contribution in [1.82, 2.24) is 20.2 Å². The molecule has 0 bridgehead atoms. The molecule has 2 fully saturated rings. The lowest BCUT2D eigenvalue weighted by molar-refractivity contribution is 0.00820. The summed E-state index contributed by atoms with van der Waals surface area (Å²) in [5.41, 5.74) is 1.51. The van der Waals surface area contributed by atoms with Crippen molar-refractivity contribution in [2.45, 2.75) is 38.2 Å². The summed E-state index contributed by atoms with van der Waals surface area (Å²) >= 11 is 15.3. The Kier molecular flexibility index (Phi) is 6.94. The number of aromatic nitrogens is 2. The smallest absolute Gasteiger partial charge is 0.410 e. The maximum absolute atomic E-state index is 11.9. The first-order valence-corrected chi connectivity index (χ1v) is 13.8. The molecule has 0 atom stereocenters. The van der Waals surface area contributed by atoms with Crippen LogP contribution in [0.25, 0.3) is 20.4 Å². The highest BCUT2D eigenvalue weighted by atomic mass is 35.5. The van der Waals surface area contributed by atoms with E-state index in [1.807, 2.05) is 57.2 Å². The zero-order valence-electron chi connectivity index (χ0n) is 19.7. The molecule has 6 nitrogen and oxygen atoms in total. The first kappa shape index (κ1) is 24.7. The third kappa shape index (κ3) is 5.73. The molecule has 2 aromatic carbocycles. The summed E-state index contributed by atoms with van der Waals surface area (Å²) in [5.74, 6) is 0.917. The van der Waals surface area contributed by atoms with Crippen molar-refractivity contribution >= 4 is 72.4 Å². The Labute approximate surface area is 222 Å². The number of likely N-dealkylation sites (tertiary alicyclic amines) is 1. The van der Waals surface area contributed by atoms with E-state index in [2.05, 4.69) is 15.3 Å². The highest BCUT2D eigenvalue weighted by Crippen LogP contribution is 2.35. The molecule has 4 heterocycles. The lowest BCUT2D eigenvalue weighted by Crippen LogP contribution is -2.50. The van der Waals surface area contributed by atoms with Crippen LogP contribution >= 0.6 is 45.9 Å². The van der Waals surface area contributed by atoms with Crippen LogP contribution in [0, 0.1) is 0 Å². The van der Waals surface area contributed by atoms with Crippen LogP contribution in [0.3, 0.4) is 0 Å². The summed E-state index contributed by atoms with van der Waals surface area (Å²) in [7, 11) is 0. The Morgan fingerprint density at radius 2 is 1.46 bits per heavy atom. The maximum Gasteiger partial charge on any atom is 0.410 e. The summed E-state index contributed by atoms with van der Waals surface area (Å²) in [4.78, 5) is 22.8. The molecule has 2 aliphatic heterocycles. The number of rotatable bonds is 2. The van der Waals surface area contributed by atoms with Gasteiger partial charge in [-0.05, 0) is 57.2 Å². The topological polar surface area (TPSA) is 67.3 Å². The van der Waals surface area contributed by atoms with E-state index in [1.165, 1.54) is 9.71 Å². The van der Waals surface area contributed by atoms with Crippen molar-refractivity contribution in [3.8, 4) is 0 Å². The van der Waals surface area contributed by atoms with Gasteiger partial charge in [0, 0.05) is 48.1 Å². The van der Waals surface area contributed by atoms with Gasteiger partial charge in [-0.3, -0.25) is 0 Å². The van der Waals surface area contributed by atoms with E-state index in [-0.39, 0.29) is 6.09 Å². The summed E-state index contributed by atoms with van der Waals surface area (Å²) in [6, 6.07) is 11.6. The van der Waals surface area contributed by atoms with Crippen molar-refractivity contribution in [2.75, 3.05) is 26.2 Å². The van der Waals surface area contributed by atoms with Crippen LogP contribution in [0.4, 0.5) is 4.79 Å². The fourth-order valence-corrected chi connectivity index (χ4v) is 6.17. The van der Waals surface area contributed by atoms with Crippen LogP contribution in [-0.4, -0.2) is 52.7 Å². The second-order valence-electron chi connectivity index (χ2n) is 9.77. The standard InChI is InChI=1S/C15H17ClN2O2S.C10H9ClN2S/c1-15(2,3)20-14(19)18-7-9(8-18)13-17-11-6-10(16)4-5-12(11)21-13;11-7-1-2-9-8(3-7)13-10(14-9)6-4-12-5-6/h4-6,9H,7-8H2,1-3H3;1-3,6,12H,4-5H2. The number of nitrogens with zero attached hydrogens (tertiary/aromatic N) is 3. The van der Waals surface area contributed by atoms with Gasteiger partial charge in [0.2, 0.25) is 0 Å². The number of carbonyl (C=O) groups is 1. The zero-order chi connectivity index (χ0) is 24.7. The van der Waals surface area contributed by atoms with Crippen LogP contribution in [0.5, 0.6) is 0 Å². The number of amides is 1. The van der Waals surface area contributed by atoms with Gasteiger partial charge in [-0.15, -0.1) is 22.7 Å². The number of hydrogen-bond acceptors (Lipinski definition) is 7. The van der Waals surface area contributed by atoms with Crippen LogP contribution < -0.4 is 5.32 Å². The quantitative estimate of drug-likeness (QED) is 0.294. The molecule has 0 unspecified atom stereocenters. The molecule has 2 aromatic heterocycles. The van der Waals surface area contributed by atoms with Crippen molar-refractivity contribution in [1.29, 1.82) is 0 Å². The lowest BCUT2D eigenvalue weighted by Gasteiger charge is -2.38. The number of ether oxygens (including phenoxy) is 1. The first-order valence-electron chi connectivity index (χ1n) is 11.5. The van der Waals surface area contributed by atoms with Gasteiger partial charge in [-0.2, -0.15) is 0 Å².